The minimum absolute atomic E-state index is 0.254. The van der Waals surface area contributed by atoms with E-state index in [0.29, 0.717) is 38.4 Å². The van der Waals surface area contributed by atoms with E-state index in [4.69, 9.17) is 9.84 Å². The topological polar surface area (TPSA) is 87.6 Å². The SMILES string of the molecule is CCOc1ccc(Nc2cc(N3CCC(C(=O)O)CC3)nc(C)n2)cc1. The van der Waals surface area contributed by atoms with Crippen LogP contribution < -0.4 is 15.0 Å². The fourth-order valence-electron chi connectivity index (χ4n) is 3.08. The third-order valence-corrected chi connectivity index (χ3v) is 4.43. The van der Waals surface area contributed by atoms with E-state index in [1.165, 1.54) is 0 Å². The summed E-state index contributed by atoms with van der Waals surface area (Å²) in [5, 5.41) is 12.4. The second-order valence-electron chi connectivity index (χ2n) is 6.34. The highest BCUT2D eigenvalue weighted by Crippen LogP contribution is 2.25. The molecule has 0 radical (unpaired) electrons. The summed E-state index contributed by atoms with van der Waals surface area (Å²) in [5.74, 6) is 2.10. The highest BCUT2D eigenvalue weighted by molar-refractivity contribution is 5.70. The molecule has 0 aliphatic carbocycles. The molecule has 0 unspecified atom stereocenters. The molecular formula is C19H24N4O3. The van der Waals surface area contributed by atoms with Gasteiger partial charge in [-0.05, 0) is 51.0 Å². The lowest BCUT2D eigenvalue weighted by Crippen LogP contribution is -2.36. The van der Waals surface area contributed by atoms with Gasteiger partial charge in [-0.3, -0.25) is 4.79 Å². The van der Waals surface area contributed by atoms with Crippen LogP contribution in [0.15, 0.2) is 30.3 Å². The van der Waals surface area contributed by atoms with Crippen molar-refractivity contribution in [3.05, 3.63) is 36.2 Å². The zero-order valence-corrected chi connectivity index (χ0v) is 15.1. The molecule has 0 atom stereocenters. The molecule has 1 saturated heterocycles. The number of aryl methyl sites for hydroxylation is 1. The number of aromatic nitrogens is 2. The maximum Gasteiger partial charge on any atom is 0.306 e. The van der Waals surface area contributed by atoms with Crippen LogP contribution in [-0.4, -0.2) is 40.7 Å². The number of hydrogen-bond donors (Lipinski definition) is 2. The molecule has 7 heteroatoms. The maximum atomic E-state index is 11.1. The maximum absolute atomic E-state index is 11.1. The molecule has 138 valence electrons. The molecule has 26 heavy (non-hydrogen) atoms. The molecule has 2 aromatic rings. The first kappa shape index (κ1) is 18.0. The quantitative estimate of drug-likeness (QED) is 0.821. The highest BCUT2D eigenvalue weighted by atomic mass is 16.5. The van der Waals surface area contributed by atoms with Crippen LogP contribution in [0.5, 0.6) is 5.75 Å². The fraction of sp³-hybridized carbons (Fsp3) is 0.421. The van der Waals surface area contributed by atoms with E-state index in [-0.39, 0.29) is 5.92 Å². The number of anilines is 3. The van der Waals surface area contributed by atoms with Gasteiger partial charge in [0, 0.05) is 24.8 Å². The predicted molar refractivity (Wildman–Crippen MR) is 100 cm³/mol. The highest BCUT2D eigenvalue weighted by Gasteiger charge is 2.25. The van der Waals surface area contributed by atoms with E-state index in [2.05, 4.69) is 20.2 Å². The Balaban J connectivity index is 1.70. The zero-order valence-electron chi connectivity index (χ0n) is 15.1. The van der Waals surface area contributed by atoms with E-state index in [1.54, 1.807) is 0 Å². The molecule has 0 amide bonds. The van der Waals surface area contributed by atoms with Crippen LogP contribution in [0.1, 0.15) is 25.6 Å². The van der Waals surface area contributed by atoms with Gasteiger partial charge in [-0.2, -0.15) is 0 Å². The van der Waals surface area contributed by atoms with E-state index >= 15 is 0 Å². The molecule has 1 aromatic heterocycles. The first-order valence-electron chi connectivity index (χ1n) is 8.88. The lowest BCUT2D eigenvalue weighted by atomic mass is 9.97. The smallest absolute Gasteiger partial charge is 0.306 e. The molecule has 1 fully saturated rings. The molecular weight excluding hydrogens is 332 g/mol. The molecule has 0 spiro atoms. The summed E-state index contributed by atoms with van der Waals surface area (Å²) in [6.45, 7) is 5.83. The average molecular weight is 356 g/mol. The van der Waals surface area contributed by atoms with Crippen molar-refractivity contribution in [1.29, 1.82) is 0 Å². The van der Waals surface area contributed by atoms with Crippen molar-refractivity contribution in [3.63, 3.8) is 0 Å². The van der Waals surface area contributed by atoms with Crippen LogP contribution in [0, 0.1) is 12.8 Å². The second-order valence-corrected chi connectivity index (χ2v) is 6.34. The van der Waals surface area contributed by atoms with Gasteiger partial charge in [0.2, 0.25) is 0 Å². The minimum Gasteiger partial charge on any atom is -0.494 e. The van der Waals surface area contributed by atoms with Crippen molar-refractivity contribution < 1.29 is 14.6 Å². The van der Waals surface area contributed by atoms with Crippen LogP contribution in [0.25, 0.3) is 0 Å². The first-order chi connectivity index (χ1) is 12.5. The molecule has 1 aliphatic heterocycles. The summed E-state index contributed by atoms with van der Waals surface area (Å²) in [6.07, 6.45) is 1.28. The number of ether oxygens (including phenoxy) is 1. The molecule has 1 aliphatic rings. The van der Waals surface area contributed by atoms with Gasteiger partial charge in [0.05, 0.1) is 12.5 Å². The Kier molecular flexibility index (Phi) is 5.55. The average Bonchev–Trinajstić information content (AvgIpc) is 2.63. The standard InChI is InChI=1S/C19H24N4O3/c1-3-26-16-6-4-15(5-7-16)22-17-12-18(21-13(2)20-17)23-10-8-14(9-11-23)19(24)25/h4-7,12,14H,3,8-11H2,1-2H3,(H,24,25)(H,20,21,22). The lowest BCUT2D eigenvalue weighted by molar-refractivity contribution is -0.142. The number of rotatable bonds is 6. The van der Waals surface area contributed by atoms with Crippen molar-refractivity contribution in [2.24, 2.45) is 5.92 Å². The molecule has 3 rings (SSSR count). The molecule has 2 N–H and O–H groups in total. The number of piperidine rings is 1. The molecule has 1 aromatic carbocycles. The van der Waals surface area contributed by atoms with Gasteiger partial charge in [-0.1, -0.05) is 0 Å². The van der Waals surface area contributed by atoms with Crippen molar-refractivity contribution >= 4 is 23.3 Å². The van der Waals surface area contributed by atoms with E-state index in [0.717, 1.165) is 23.1 Å². The Morgan fingerprint density at radius 2 is 1.96 bits per heavy atom. The number of carboxylic acids is 1. The summed E-state index contributed by atoms with van der Waals surface area (Å²) < 4.78 is 5.45. The molecule has 7 nitrogen and oxygen atoms in total. The van der Waals surface area contributed by atoms with E-state index in [1.807, 2.05) is 44.2 Å². The summed E-state index contributed by atoms with van der Waals surface area (Å²) in [5.41, 5.74) is 0.919. The second kappa shape index (κ2) is 8.03. The Morgan fingerprint density at radius 3 is 2.58 bits per heavy atom. The molecule has 0 bridgehead atoms. The van der Waals surface area contributed by atoms with Crippen molar-refractivity contribution in [1.82, 2.24) is 9.97 Å². The minimum atomic E-state index is -0.707. The van der Waals surface area contributed by atoms with Crippen molar-refractivity contribution in [2.75, 3.05) is 29.9 Å². The van der Waals surface area contributed by atoms with Crippen LogP contribution in [0.4, 0.5) is 17.3 Å². The monoisotopic (exact) mass is 356 g/mol. The van der Waals surface area contributed by atoms with Gasteiger partial charge in [0.25, 0.3) is 0 Å². The van der Waals surface area contributed by atoms with Crippen LogP contribution in [0.3, 0.4) is 0 Å². The Hall–Kier alpha value is -2.83. The summed E-state index contributed by atoms with van der Waals surface area (Å²) in [4.78, 5) is 22.2. The van der Waals surface area contributed by atoms with Crippen LogP contribution in [-0.2, 0) is 4.79 Å². The van der Waals surface area contributed by atoms with Gasteiger partial charge >= 0.3 is 5.97 Å². The third-order valence-electron chi connectivity index (χ3n) is 4.43. The summed E-state index contributed by atoms with van der Waals surface area (Å²) in [6, 6.07) is 9.63. The van der Waals surface area contributed by atoms with Crippen LogP contribution >= 0.6 is 0 Å². The number of nitrogens with one attached hydrogen (secondary N) is 1. The van der Waals surface area contributed by atoms with Gasteiger partial charge in [0.1, 0.15) is 23.2 Å². The number of aliphatic carboxylic acids is 1. The third kappa shape index (κ3) is 4.41. The largest absolute Gasteiger partial charge is 0.494 e. The fourth-order valence-corrected chi connectivity index (χ4v) is 3.08. The molecule has 2 heterocycles. The normalized spacial score (nSPS) is 14.9. The Bertz CT molecular complexity index is 756. The zero-order chi connectivity index (χ0) is 18.5. The van der Waals surface area contributed by atoms with Crippen LogP contribution in [0.2, 0.25) is 0 Å². The Labute approximate surface area is 153 Å². The van der Waals surface area contributed by atoms with Crippen molar-refractivity contribution in [3.8, 4) is 5.75 Å². The summed E-state index contributed by atoms with van der Waals surface area (Å²) in [7, 11) is 0. The van der Waals surface area contributed by atoms with Crippen molar-refractivity contribution in [2.45, 2.75) is 26.7 Å². The predicted octanol–water partition coefficient (Wildman–Crippen LogP) is 3.23. The number of carbonyl (C=O) groups is 1. The number of carboxylic acid groups (broad SMARTS) is 1. The van der Waals surface area contributed by atoms with E-state index in [9.17, 15) is 4.79 Å². The summed E-state index contributed by atoms with van der Waals surface area (Å²) >= 11 is 0. The van der Waals surface area contributed by atoms with E-state index < -0.39 is 5.97 Å². The van der Waals surface area contributed by atoms with Gasteiger partial charge in [-0.25, -0.2) is 9.97 Å². The molecule has 0 saturated carbocycles. The lowest BCUT2D eigenvalue weighted by Gasteiger charge is -2.31. The Morgan fingerprint density at radius 1 is 1.27 bits per heavy atom. The number of nitrogens with zero attached hydrogens (tertiary/aromatic N) is 3. The number of hydrogen-bond acceptors (Lipinski definition) is 6. The van der Waals surface area contributed by atoms with Gasteiger partial charge in [-0.15, -0.1) is 0 Å². The van der Waals surface area contributed by atoms with Gasteiger partial charge < -0.3 is 20.1 Å². The number of benzene rings is 1. The first-order valence-corrected chi connectivity index (χ1v) is 8.88. The van der Waals surface area contributed by atoms with Gasteiger partial charge in [0.15, 0.2) is 0 Å².